The molecular formula is C13H22N2O2. The second-order valence-corrected chi connectivity index (χ2v) is 4.43. The van der Waals surface area contributed by atoms with E-state index in [1.807, 2.05) is 20.8 Å². The van der Waals surface area contributed by atoms with Crippen LogP contribution in [0.1, 0.15) is 57.3 Å². The summed E-state index contributed by atoms with van der Waals surface area (Å²) in [5.74, 6) is 0.684. The summed E-state index contributed by atoms with van der Waals surface area (Å²) in [6.07, 6.45) is 1.97. The van der Waals surface area contributed by atoms with Gasteiger partial charge in [-0.05, 0) is 34.1 Å². The molecule has 1 unspecified atom stereocenters. The fourth-order valence-electron chi connectivity index (χ4n) is 1.78. The molecule has 4 nitrogen and oxygen atoms in total. The van der Waals surface area contributed by atoms with E-state index in [0.717, 1.165) is 17.7 Å². The maximum absolute atomic E-state index is 9.55. The molecule has 1 aromatic rings. The molecule has 0 spiro atoms. The van der Waals surface area contributed by atoms with Gasteiger partial charge in [0.15, 0.2) is 5.82 Å². The van der Waals surface area contributed by atoms with Crippen molar-refractivity contribution in [3.63, 3.8) is 0 Å². The van der Waals surface area contributed by atoms with Crippen LogP contribution in [0.2, 0.25) is 0 Å². The Morgan fingerprint density at radius 3 is 2.53 bits per heavy atom. The summed E-state index contributed by atoms with van der Waals surface area (Å²) >= 11 is 0. The lowest BCUT2D eigenvalue weighted by Crippen LogP contribution is -2.28. The van der Waals surface area contributed by atoms with Gasteiger partial charge in [0.05, 0.1) is 6.10 Å². The van der Waals surface area contributed by atoms with Crippen molar-refractivity contribution in [2.45, 2.75) is 52.7 Å². The van der Waals surface area contributed by atoms with Gasteiger partial charge in [0.25, 0.3) is 0 Å². The second kappa shape index (κ2) is 5.56. The van der Waals surface area contributed by atoms with Crippen LogP contribution in [0.25, 0.3) is 0 Å². The van der Waals surface area contributed by atoms with Gasteiger partial charge in [0, 0.05) is 24.1 Å². The van der Waals surface area contributed by atoms with Crippen LogP contribution < -0.4 is 0 Å². The molecular weight excluding hydrogens is 216 g/mol. The van der Waals surface area contributed by atoms with E-state index in [-0.39, 0.29) is 0 Å². The lowest BCUT2D eigenvalue weighted by atomic mass is 10.0. The van der Waals surface area contributed by atoms with Crippen LogP contribution in [0.3, 0.4) is 0 Å². The molecule has 0 fully saturated rings. The molecule has 0 aliphatic carbocycles. The van der Waals surface area contributed by atoms with E-state index in [4.69, 9.17) is 4.74 Å². The maximum Gasteiger partial charge on any atom is 0.160 e. The second-order valence-electron chi connectivity index (χ2n) is 4.43. The highest BCUT2D eigenvalue weighted by atomic mass is 16.5. The number of nitrogens with zero attached hydrogens (tertiary/aromatic N) is 2. The Hall–Kier alpha value is -1.00. The van der Waals surface area contributed by atoms with Gasteiger partial charge in [-0.1, -0.05) is 6.92 Å². The molecule has 4 heteroatoms. The van der Waals surface area contributed by atoms with Crippen LogP contribution in [0.4, 0.5) is 0 Å². The van der Waals surface area contributed by atoms with Crippen molar-refractivity contribution < 1.29 is 9.84 Å². The van der Waals surface area contributed by atoms with Gasteiger partial charge < -0.3 is 9.84 Å². The Balaban J connectivity index is 3.11. The zero-order valence-electron chi connectivity index (χ0n) is 11.3. The van der Waals surface area contributed by atoms with E-state index < -0.39 is 11.7 Å². The molecule has 0 aliphatic heterocycles. The average molecular weight is 238 g/mol. The highest BCUT2D eigenvalue weighted by Crippen LogP contribution is 2.27. The fraction of sp³-hybridized carbons (Fsp3) is 0.692. The molecule has 1 N–H and O–H groups in total. The van der Waals surface area contributed by atoms with Crippen LogP contribution >= 0.6 is 0 Å². The average Bonchev–Trinajstić information content (AvgIpc) is 2.28. The van der Waals surface area contributed by atoms with Gasteiger partial charge in [-0.3, -0.25) is 0 Å². The molecule has 0 radical (unpaired) electrons. The van der Waals surface area contributed by atoms with E-state index in [2.05, 4.69) is 16.9 Å². The van der Waals surface area contributed by atoms with E-state index in [1.54, 1.807) is 13.1 Å². The Bertz CT molecular complexity index is 380. The normalized spacial score (nSPS) is 16.6. The number of aryl methyl sites for hydroxylation is 1. The predicted octanol–water partition coefficient (Wildman–Crippen LogP) is 2.50. The number of hydrogen-bond acceptors (Lipinski definition) is 4. The first-order valence-electron chi connectivity index (χ1n) is 6.10. The van der Waals surface area contributed by atoms with Crippen molar-refractivity contribution in [1.82, 2.24) is 9.97 Å². The van der Waals surface area contributed by atoms with Crippen molar-refractivity contribution in [3.8, 4) is 0 Å². The lowest BCUT2D eigenvalue weighted by Gasteiger charge is -2.27. The minimum absolute atomic E-state index is 0.448. The van der Waals surface area contributed by atoms with E-state index in [9.17, 15) is 5.11 Å². The third kappa shape index (κ3) is 3.01. The standard InChI is InChI=1S/C13H22N2O2/c1-6-13(5,17-7-2)12-14-8-11(10(4)16)9(3)15-12/h8,10,16H,6-7H2,1-5H3/t10-,13?/m0/s1. The third-order valence-corrected chi connectivity index (χ3v) is 3.08. The van der Waals surface area contributed by atoms with Crippen LogP contribution in [-0.2, 0) is 10.3 Å². The first-order valence-corrected chi connectivity index (χ1v) is 6.10. The molecule has 0 amide bonds. The molecule has 2 atom stereocenters. The number of rotatable bonds is 5. The summed E-state index contributed by atoms with van der Waals surface area (Å²) in [6, 6.07) is 0. The highest BCUT2D eigenvalue weighted by Gasteiger charge is 2.28. The third-order valence-electron chi connectivity index (χ3n) is 3.08. The van der Waals surface area contributed by atoms with Gasteiger partial charge in [-0.25, -0.2) is 9.97 Å². The number of ether oxygens (including phenoxy) is 1. The lowest BCUT2D eigenvalue weighted by molar-refractivity contribution is -0.0392. The minimum atomic E-state index is -0.538. The zero-order valence-corrected chi connectivity index (χ0v) is 11.3. The van der Waals surface area contributed by atoms with E-state index in [1.165, 1.54) is 0 Å². The van der Waals surface area contributed by atoms with E-state index >= 15 is 0 Å². The molecule has 17 heavy (non-hydrogen) atoms. The molecule has 0 saturated heterocycles. The highest BCUT2D eigenvalue weighted by molar-refractivity contribution is 5.20. The Morgan fingerprint density at radius 1 is 1.47 bits per heavy atom. The first-order chi connectivity index (χ1) is 7.94. The van der Waals surface area contributed by atoms with Gasteiger partial charge in [0.1, 0.15) is 5.60 Å². The van der Waals surface area contributed by atoms with Crippen molar-refractivity contribution in [2.75, 3.05) is 6.61 Å². The minimum Gasteiger partial charge on any atom is -0.389 e. The molecule has 0 saturated carbocycles. The Labute approximate surface area is 103 Å². The van der Waals surface area contributed by atoms with Crippen LogP contribution in [0, 0.1) is 6.92 Å². The summed E-state index contributed by atoms with van der Waals surface area (Å²) in [5, 5.41) is 9.55. The summed E-state index contributed by atoms with van der Waals surface area (Å²) < 4.78 is 5.73. The number of aliphatic hydroxyl groups is 1. The molecule has 1 aromatic heterocycles. The molecule has 1 heterocycles. The SMILES string of the molecule is CCOC(C)(CC)c1ncc([C@H](C)O)c(C)n1. The van der Waals surface area contributed by atoms with Gasteiger partial charge in [-0.2, -0.15) is 0 Å². The Kier molecular flexibility index (Phi) is 4.60. The summed E-state index contributed by atoms with van der Waals surface area (Å²) in [7, 11) is 0. The van der Waals surface area contributed by atoms with Crippen molar-refractivity contribution in [3.05, 3.63) is 23.3 Å². The van der Waals surface area contributed by atoms with Gasteiger partial charge >= 0.3 is 0 Å². The summed E-state index contributed by atoms with van der Waals surface area (Å²) in [4.78, 5) is 8.79. The van der Waals surface area contributed by atoms with Crippen molar-refractivity contribution in [2.24, 2.45) is 0 Å². The largest absolute Gasteiger partial charge is 0.389 e. The van der Waals surface area contributed by atoms with Crippen molar-refractivity contribution in [1.29, 1.82) is 0 Å². The number of hydrogen-bond donors (Lipinski definition) is 1. The number of aliphatic hydroxyl groups excluding tert-OH is 1. The first kappa shape index (κ1) is 14.1. The Morgan fingerprint density at radius 2 is 2.12 bits per heavy atom. The molecule has 0 aliphatic rings. The monoisotopic (exact) mass is 238 g/mol. The van der Waals surface area contributed by atoms with E-state index in [0.29, 0.717) is 12.4 Å². The van der Waals surface area contributed by atoms with Crippen LogP contribution in [0.5, 0.6) is 0 Å². The summed E-state index contributed by atoms with van der Waals surface area (Å²) in [5.41, 5.74) is 1.13. The van der Waals surface area contributed by atoms with Crippen LogP contribution in [0.15, 0.2) is 6.20 Å². The topological polar surface area (TPSA) is 55.2 Å². The number of aromatic nitrogens is 2. The smallest absolute Gasteiger partial charge is 0.160 e. The molecule has 96 valence electrons. The maximum atomic E-state index is 9.55. The molecule has 0 aromatic carbocycles. The van der Waals surface area contributed by atoms with Crippen LogP contribution in [-0.4, -0.2) is 21.7 Å². The molecule has 0 bridgehead atoms. The molecule has 1 rings (SSSR count). The van der Waals surface area contributed by atoms with Gasteiger partial charge in [0.2, 0.25) is 0 Å². The predicted molar refractivity (Wildman–Crippen MR) is 66.7 cm³/mol. The van der Waals surface area contributed by atoms with Gasteiger partial charge in [-0.15, -0.1) is 0 Å². The summed E-state index contributed by atoms with van der Waals surface area (Å²) in [6.45, 7) is 10.2. The zero-order chi connectivity index (χ0) is 13.1. The quantitative estimate of drug-likeness (QED) is 0.856. The van der Waals surface area contributed by atoms with Crippen molar-refractivity contribution >= 4 is 0 Å². The fourth-order valence-corrected chi connectivity index (χ4v) is 1.78.